The number of anilines is 3. The van der Waals surface area contributed by atoms with Crippen LogP contribution in [0, 0.1) is 6.92 Å². The molecule has 0 saturated heterocycles. The Morgan fingerprint density at radius 2 is 1.85 bits per heavy atom. The molecule has 1 unspecified atom stereocenters. The van der Waals surface area contributed by atoms with Gasteiger partial charge in [-0.25, -0.2) is 4.99 Å². The number of rotatable bonds is 6. The third-order valence-electron chi connectivity index (χ3n) is 3.85. The highest BCUT2D eigenvalue weighted by Crippen LogP contribution is 2.24. The van der Waals surface area contributed by atoms with Gasteiger partial charge in [0.25, 0.3) is 0 Å². The zero-order chi connectivity index (χ0) is 19.4. The van der Waals surface area contributed by atoms with E-state index < -0.39 is 0 Å². The van der Waals surface area contributed by atoms with Gasteiger partial charge < -0.3 is 27.8 Å². The quantitative estimate of drug-likeness (QED) is 0.381. The number of nitrogens with zero attached hydrogens (tertiary/aromatic N) is 4. The molecule has 1 aliphatic heterocycles. The Morgan fingerprint density at radius 3 is 2.59 bits per heavy atom. The van der Waals surface area contributed by atoms with Gasteiger partial charge in [0.2, 0.25) is 17.8 Å². The summed E-state index contributed by atoms with van der Waals surface area (Å²) in [6, 6.07) is 5.73. The molecule has 1 atom stereocenters. The number of hydrogen-bond donors (Lipinski definition) is 6. The molecule has 2 aromatic rings. The molecule has 0 amide bonds. The van der Waals surface area contributed by atoms with Crippen LogP contribution in [0.1, 0.15) is 11.1 Å². The minimum Gasteiger partial charge on any atom is -0.370 e. The van der Waals surface area contributed by atoms with E-state index in [2.05, 4.69) is 35.9 Å². The zero-order valence-corrected chi connectivity index (χ0v) is 15.5. The summed E-state index contributed by atoms with van der Waals surface area (Å²) in [5.41, 5.74) is 19.8. The first-order chi connectivity index (χ1) is 12.9. The third-order valence-corrected chi connectivity index (χ3v) is 4.26. The van der Waals surface area contributed by atoms with Crippen molar-refractivity contribution < 1.29 is 0 Å². The largest absolute Gasteiger partial charge is 0.370 e. The summed E-state index contributed by atoms with van der Waals surface area (Å²) in [5, 5.41) is 10.1. The molecule has 10 nitrogen and oxygen atoms in total. The van der Waals surface area contributed by atoms with E-state index in [4.69, 9.17) is 28.8 Å². The molecule has 1 aromatic heterocycles. The Labute approximate surface area is 161 Å². The van der Waals surface area contributed by atoms with Crippen molar-refractivity contribution in [3.05, 3.63) is 40.4 Å². The molecule has 3 rings (SSSR count). The molecule has 0 aliphatic carbocycles. The molecular formula is C16H21ClN10. The minimum atomic E-state index is -0.282. The number of guanidine groups is 1. The Morgan fingerprint density at radius 1 is 1.11 bits per heavy atom. The molecule has 0 radical (unpaired) electrons. The Hall–Kier alpha value is -3.11. The molecular weight excluding hydrogens is 368 g/mol. The number of nitrogens with two attached hydrogens (primary N) is 3. The molecule has 1 aliphatic rings. The summed E-state index contributed by atoms with van der Waals surface area (Å²) >= 11 is 6.21. The van der Waals surface area contributed by atoms with Crippen molar-refractivity contribution in [2.24, 2.45) is 10.7 Å². The highest BCUT2D eigenvalue weighted by Gasteiger charge is 2.16. The number of halogens is 1. The summed E-state index contributed by atoms with van der Waals surface area (Å²) in [6.45, 7) is 3.06. The van der Waals surface area contributed by atoms with E-state index in [-0.39, 0.29) is 18.1 Å². The van der Waals surface area contributed by atoms with Crippen molar-refractivity contribution in [3.63, 3.8) is 0 Å². The van der Waals surface area contributed by atoms with Gasteiger partial charge >= 0.3 is 0 Å². The van der Waals surface area contributed by atoms with E-state index in [9.17, 15) is 0 Å². The van der Waals surface area contributed by atoms with Crippen molar-refractivity contribution >= 4 is 41.1 Å². The predicted octanol–water partition coefficient (Wildman–Crippen LogP) is 0.284. The van der Waals surface area contributed by atoms with Crippen molar-refractivity contribution in [2.75, 3.05) is 29.9 Å². The van der Waals surface area contributed by atoms with Crippen LogP contribution in [0.3, 0.4) is 0 Å². The van der Waals surface area contributed by atoms with Crippen molar-refractivity contribution in [1.29, 1.82) is 0 Å². The summed E-state index contributed by atoms with van der Waals surface area (Å²) in [7, 11) is 0. The second-order valence-corrected chi connectivity index (χ2v) is 6.24. The lowest BCUT2D eigenvalue weighted by Gasteiger charge is -2.22. The van der Waals surface area contributed by atoms with Crippen LogP contribution in [0.2, 0.25) is 5.02 Å². The van der Waals surface area contributed by atoms with E-state index in [1.165, 1.54) is 0 Å². The van der Waals surface area contributed by atoms with Crippen LogP contribution < -0.4 is 33.2 Å². The van der Waals surface area contributed by atoms with E-state index in [0.29, 0.717) is 30.0 Å². The molecule has 27 heavy (non-hydrogen) atoms. The molecule has 0 bridgehead atoms. The number of nitrogen functional groups attached to an aromatic ring is 2. The lowest BCUT2D eigenvalue weighted by atomic mass is 10.0. The van der Waals surface area contributed by atoms with E-state index >= 15 is 0 Å². The number of nitrogens with one attached hydrogen (secondary N) is 3. The summed E-state index contributed by atoms with van der Waals surface area (Å²) in [4.78, 5) is 16.0. The van der Waals surface area contributed by atoms with Gasteiger partial charge in [-0.3, -0.25) is 5.32 Å². The maximum Gasteiger partial charge on any atom is 0.229 e. The van der Waals surface area contributed by atoms with Crippen LogP contribution in [0.15, 0.2) is 29.3 Å². The molecule has 11 heteroatoms. The monoisotopic (exact) mass is 388 g/mol. The predicted molar refractivity (Wildman–Crippen MR) is 108 cm³/mol. The maximum atomic E-state index is 6.21. The molecule has 0 saturated carbocycles. The average Bonchev–Trinajstić information content (AvgIpc) is 2.60. The Balaban J connectivity index is 1.61. The zero-order valence-electron chi connectivity index (χ0n) is 14.7. The van der Waals surface area contributed by atoms with Crippen LogP contribution in [-0.4, -0.2) is 40.2 Å². The smallest absolute Gasteiger partial charge is 0.229 e. The summed E-state index contributed by atoms with van der Waals surface area (Å²) in [5.74, 6) is 0.785. The molecule has 9 N–H and O–H groups in total. The van der Waals surface area contributed by atoms with Crippen LogP contribution >= 0.6 is 11.6 Å². The second kappa shape index (κ2) is 8.06. The normalized spacial score (nSPS) is 16.3. The number of aliphatic imine (C=N–C) groups is 1. The molecule has 142 valence electrons. The average molecular weight is 389 g/mol. The fourth-order valence-corrected chi connectivity index (χ4v) is 2.78. The Kier molecular flexibility index (Phi) is 5.57. The second-order valence-electron chi connectivity index (χ2n) is 5.83. The number of benzene rings is 1. The van der Waals surface area contributed by atoms with Crippen molar-refractivity contribution in [2.45, 2.75) is 13.1 Å². The highest BCUT2D eigenvalue weighted by molar-refractivity contribution is 6.31. The van der Waals surface area contributed by atoms with Gasteiger partial charge in [-0.15, -0.1) is 0 Å². The van der Waals surface area contributed by atoms with Gasteiger partial charge in [0.05, 0.1) is 0 Å². The maximum absolute atomic E-state index is 6.21. The standard InChI is InChI=1S/C16H21ClN10/c1-8-9(3-2-4-10(8)17)11-7-12(24-13(18)23-11)21-5-6-22-16-26-14(19)25-15(20)27-16/h2-4,7,12,21H,5-6H2,1H3,(H3,18,23,24)(H5,19,20,22,25,26,27). The summed E-state index contributed by atoms with van der Waals surface area (Å²) < 4.78 is 0. The molecule has 0 spiro atoms. The summed E-state index contributed by atoms with van der Waals surface area (Å²) in [6.07, 6.45) is 1.67. The van der Waals surface area contributed by atoms with Crippen LogP contribution in [0.5, 0.6) is 0 Å². The van der Waals surface area contributed by atoms with Gasteiger partial charge in [-0.05, 0) is 24.6 Å². The topological polar surface area (TPSA) is 165 Å². The van der Waals surface area contributed by atoms with E-state index in [0.717, 1.165) is 16.8 Å². The van der Waals surface area contributed by atoms with Crippen LogP contribution in [0.4, 0.5) is 17.8 Å². The first-order valence-electron chi connectivity index (χ1n) is 8.24. The first kappa shape index (κ1) is 18.7. The van der Waals surface area contributed by atoms with Crippen molar-refractivity contribution in [1.82, 2.24) is 25.6 Å². The Bertz CT molecular complexity index is 875. The van der Waals surface area contributed by atoms with Gasteiger partial charge in [-0.2, -0.15) is 15.0 Å². The van der Waals surface area contributed by atoms with Gasteiger partial charge in [-0.1, -0.05) is 23.7 Å². The fraction of sp³-hybridized carbons (Fsp3) is 0.250. The van der Waals surface area contributed by atoms with Crippen molar-refractivity contribution in [3.8, 4) is 0 Å². The highest BCUT2D eigenvalue weighted by atomic mass is 35.5. The van der Waals surface area contributed by atoms with Gasteiger partial charge in [0.1, 0.15) is 6.17 Å². The van der Waals surface area contributed by atoms with Gasteiger partial charge in [0, 0.05) is 29.4 Å². The van der Waals surface area contributed by atoms with E-state index in [1.54, 1.807) is 0 Å². The number of hydrogen-bond acceptors (Lipinski definition) is 10. The first-order valence-corrected chi connectivity index (χ1v) is 8.62. The number of aromatic nitrogens is 3. The molecule has 0 fully saturated rings. The minimum absolute atomic E-state index is 0.0677. The fourth-order valence-electron chi connectivity index (χ4n) is 2.60. The molecule has 2 heterocycles. The van der Waals surface area contributed by atoms with E-state index in [1.807, 2.05) is 31.2 Å². The SMILES string of the molecule is Cc1c(Cl)cccc1C1=CC(NCCNc2nc(N)nc(N)n2)N=C(N)N1. The lowest BCUT2D eigenvalue weighted by Crippen LogP contribution is -2.41. The van der Waals surface area contributed by atoms with Gasteiger partial charge in [0.15, 0.2) is 5.96 Å². The lowest BCUT2D eigenvalue weighted by molar-refractivity contribution is 0.619. The molecule has 1 aromatic carbocycles. The van der Waals surface area contributed by atoms with Crippen LogP contribution in [-0.2, 0) is 0 Å². The third kappa shape index (κ3) is 4.74. The van der Waals surface area contributed by atoms with Crippen LogP contribution in [0.25, 0.3) is 5.70 Å².